The largest absolute Gasteiger partial charge is 0.289 e. The van der Waals surface area contributed by atoms with Gasteiger partial charge in [0.1, 0.15) is 5.69 Å². The van der Waals surface area contributed by atoms with Crippen molar-refractivity contribution in [3.05, 3.63) is 64.9 Å². The minimum absolute atomic E-state index is 0.325. The molecule has 1 amide bonds. The Balaban J connectivity index is 1.96. The van der Waals surface area contributed by atoms with Crippen LogP contribution in [0.3, 0.4) is 0 Å². The molecule has 0 saturated heterocycles. The highest BCUT2D eigenvalue weighted by atomic mass is 35.5. The summed E-state index contributed by atoms with van der Waals surface area (Å²) in [5.41, 5.74) is 3.57. The zero-order chi connectivity index (χ0) is 12.8. The lowest BCUT2D eigenvalue weighted by Crippen LogP contribution is -2.18. The van der Waals surface area contributed by atoms with E-state index in [1.165, 1.54) is 6.21 Å². The van der Waals surface area contributed by atoms with Gasteiger partial charge in [0.15, 0.2) is 0 Å². The average molecular weight is 260 g/mol. The van der Waals surface area contributed by atoms with Crippen molar-refractivity contribution < 1.29 is 4.79 Å². The van der Waals surface area contributed by atoms with Crippen LogP contribution < -0.4 is 5.43 Å². The Kier molecular flexibility index (Phi) is 4.04. The number of hydrogen-bond acceptors (Lipinski definition) is 3. The summed E-state index contributed by atoms with van der Waals surface area (Å²) in [7, 11) is 0. The molecule has 18 heavy (non-hydrogen) atoms. The maximum atomic E-state index is 11.6. The summed E-state index contributed by atoms with van der Waals surface area (Å²) in [5.74, 6) is -0.346. The molecule has 0 aliphatic rings. The highest BCUT2D eigenvalue weighted by Gasteiger charge is 2.03. The van der Waals surface area contributed by atoms with Crippen LogP contribution in [0.15, 0.2) is 53.8 Å². The lowest BCUT2D eigenvalue weighted by atomic mass is 10.2. The highest BCUT2D eigenvalue weighted by molar-refractivity contribution is 6.30. The molecule has 0 aliphatic heterocycles. The van der Waals surface area contributed by atoms with Crippen molar-refractivity contribution in [3.8, 4) is 0 Å². The Morgan fingerprint density at radius 3 is 2.67 bits per heavy atom. The monoisotopic (exact) mass is 259 g/mol. The Bertz CT molecular complexity index is 552. The molecular weight excluding hydrogens is 250 g/mol. The van der Waals surface area contributed by atoms with E-state index in [-0.39, 0.29) is 5.91 Å². The quantitative estimate of drug-likeness (QED) is 0.680. The number of aromatic nitrogens is 1. The molecule has 0 bridgehead atoms. The van der Waals surface area contributed by atoms with Gasteiger partial charge in [-0.05, 0) is 29.8 Å². The van der Waals surface area contributed by atoms with Crippen molar-refractivity contribution in [2.24, 2.45) is 5.10 Å². The predicted octanol–water partition coefficient (Wildman–Crippen LogP) is 2.50. The van der Waals surface area contributed by atoms with Crippen LogP contribution in [0.1, 0.15) is 16.1 Å². The molecule has 2 aromatic rings. The lowest BCUT2D eigenvalue weighted by molar-refractivity contribution is 0.0950. The summed E-state index contributed by atoms with van der Waals surface area (Å²) in [5, 5.41) is 4.50. The second-order valence-corrected chi connectivity index (χ2v) is 3.90. The topological polar surface area (TPSA) is 54.4 Å². The van der Waals surface area contributed by atoms with Gasteiger partial charge in [-0.2, -0.15) is 5.10 Å². The molecule has 1 aromatic carbocycles. The Hall–Kier alpha value is -2.20. The summed E-state index contributed by atoms with van der Waals surface area (Å²) in [6, 6.07) is 12.2. The Labute approximate surface area is 109 Å². The van der Waals surface area contributed by atoms with Crippen LogP contribution in [0.25, 0.3) is 0 Å². The highest BCUT2D eigenvalue weighted by Crippen LogP contribution is 2.07. The van der Waals surface area contributed by atoms with Gasteiger partial charge in [-0.1, -0.05) is 29.8 Å². The van der Waals surface area contributed by atoms with Crippen LogP contribution >= 0.6 is 11.6 Å². The number of nitrogens with zero attached hydrogens (tertiary/aromatic N) is 2. The van der Waals surface area contributed by atoms with Crippen LogP contribution in [-0.4, -0.2) is 17.1 Å². The second kappa shape index (κ2) is 5.93. The van der Waals surface area contributed by atoms with E-state index in [9.17, 15) is 4.79 Å². The number of amides is 1. The molecule has 1 aromatic heterocycles. The van der Waals surface area contributed by atoms with E-state index in [1.807, 2.05) is 0 Å². The van der Waals surface area contributed by atoms with Crippen molar-refractivity contribution in [1.82, 2.24) is 10.4 Å². The zero-order valence-electron chi connectivity index (χ0n) is 9.38. The van der Waals surface area contributed by atoms with Gasteiger partial charge in [-0.25, -0.2) is 5.43 Å². The molecule has 5 heteroatoms. The zero-order valence-corrected chi connectivity index (χ0v) is 10.1. The maximum absolute atomic E-state index is 11.6. The minimum atomic E-state index is -0.346. The number of carbonyl (C=O) groups is 1. The third-order valence-corrected chi connectivity index (χ3v) is 2.40. The second-order valence-electron chi connectivity index (χ2n) is 3.47. The van der Waals surface area contributed by atoms with Crippen LogP contribution in [0.4, 0.5) is 0 Å². The lowest BCUT2D eigenvalue weighted by Gasteiger charge is -1.98. The Morgan fingerprint density at radius 2 is 2.00 bits per heavy atom. The molecule has 0 unspecified atom stereocenters. The molecule has 1 N–H and O–H groups in total. The first kappa shape index (κ1) is 12.3. The summed E-state index contributed by atoms with van der Waals surface area (Å²) >= 11 is 5.75. The third-order valence-electron chi connectivity index (χ3n) is 2.15. The first-order valence-electron chi connectivity index (χ1n) is 5.26. The van der Waals surface area contributed by atoms with Crippen LogP contribution in [0, 0.1) is 0 Å². The molecule has 0 spiro atoms. The van der Waals surface area contributed by atoms with E-state index in [2.05, 4.69) is 15.5 Å². The standard InChI is InChI=1S/C13H10ClN3O/c14-11-6-4-10(5-7-11)9-16-17-13(18)12-3-1-2-8-15-12/h1-9H,(H,17,18). The smallest absolute Gasteiger partial charge is 0.266 e. The summed E-state index contributed by atoms with van der Waals surface area (Å²) < 4.78 is 0. The molecule has 0 saturated carbocycles. The van der Waals surface area contributed by atoms with E-state index in [0.29, 0.717) is 10.7 Å². The third kappa shape index (κ3) is 3.40. The van der Waals surface area contributed by atoms with Gasteiger partial charge in [0, 0.05) is 11.2 Å². The number of halogens is 1. The van der Waals surface area contributed by atoms with Gasteiger partial charge in [-0.15, -0.1) is 0 Å². The van der Waals surface area contributed by atoms with Crippen molar-refractivity contribution in [2.75, 3.05) is 0 Å². The number of rotatable bonds is 3. The number of benzene rings is 1. The van der Waals surface area contributed by atoms with Gasteiger partial charge in [0.25, 0.3) is 5.91 Å². The fourth-order valence-corrected chi connectivity index (χ4v) is 1.39. The normalized spacial score (nSPS) is 10.5. The predicted molar refractivity (Wildman–Crippen MR) is 70.7 cm³/mol. The first-order chi connectivity index (χ1) is 8.75. The van der Waals surface area contributed by atoms with Gasteiger partial charge in [-0.3, -0.25) is 9.78 Å². The summed E-state index contributed by atoms with van der Waals surface area (Å²) in [4.78, 5) is 15.5. The van der Waals surface area contributed by atoms with E-state index in [0.717, 1.165) is 5.56 Å². The number of nitrogens with one attached hydrogen (secondary N) is 1. The molecule has 90 valence electrons. The molecule has 1 heterocycles. The molecule has 0 fully saturated rings. The maximum Gasteiger partial charge on any atom is 0.289 e. The summed E-state index contributed by atoms with van der Waals surface area (Å²) in [6.45, 7) is 0. The number of pyridine rings is 1. The molecule has 0 aliphatic carbocycles. The Morgan fingerprint density at radius 1 is 1.22 bits per heavy atom. The van der Waals surface area contributed by atoms with Crippen molar-refractivity contribution in [2.45, 2.75) is 0 Å². The van der Waals surface area contributed by atoms with E-state index in [4.69, 9.17) is 11.6 Å². The van der Waals surface area contributed by atoms with Gasteiger partial charge in [0.05, 0.1) is 6.21 Å². The van der Waals surface area contributed by atoms with Crippen LogP contribution in [0.5, 0.6) is 0 Å². The number of hydrogen-bond donors (Lipinski definition) is 1. The van der Waals surface area contributed by atoms with Gasteiger partial charge < -0.3 is 0 Å². The first-order valence-corrected chi connectivity index (χ1v) is 5.63. The fraction of sp³-hybridized carbons (Fsp3) is 0. The van der Waals surface area contributed by atoms with Gasteiger partial charge in [0.2, 0.25) is 0 Å². The number of hydrazone groups is 1. The molecule has 0 radical (unpaired) electrons. The van der Waals surface area contributed by atoms with Gasteiger partial charge >= 0.3 is 0 Å². The van der Waals surface area contributed by atoms with Crippen molar-refractivity contribution in [3.63, 3.8) is 0 Å². The van der Waals surface area contributed by atoms with Crippen LogP contribution in [0.2, 0.25) is 5.02 Å². The molecule has 2 rings (SSSR count). The van der Waals surface area contributed by atoms with Crippen molar-refractivity contribution in [1.29, 1.82) is 0 Å². The SMILES string of the molecule is O=C(NN=Cc1ccc(Cl)cc1)c1ccccn1. The average Bonchev–Trinajstić information content (AvgIpc) is 2.42. The molecular formula is C13H10ClN3O. The minimum Gasteiger partial charge on any atom is -0.266 e. The van der Waals surface area contributed by atoms with Crippen molar-refractivity contribution >= 4 is 23.7 Å². The fourth-order valence-electron chi connectivity index (χ4n) is 1.27. The number of carbonyl (C=O) groups excluding carboxylic acids is 1. The van der Waals surface area contributed by atoms with E-state index < -0.39 is 0 Å². The van der Waals surface area contributed by atoms with E-state index >= 15 is 0 Å². The molecule has 0 atom stereocenters. The summed E-state index contributed by atoms with van der Waals surface area (Å²) in [6.07, 6.45) is 3.09. The van der Waals surface area contributed by atoms with Crippen LogP contribution in [-0.2, 0) is 0 Å². The molecule has 4 nitrogen and oxygen atoms in total. The van der Waals surface area contributed by atoms with E-state index in [1.54, 1.807) is 48.7 Å².